The molecule has 3 aliphatic heterocycles. The van der Waals surface area contributed by atoms with Crippen LogP contribution < -0.4 is 9.80 Å². The first-order chi connectivity index (χ1) is 18.6. The van der Waals surface area contributed by atoms with E-state index in [0.717, 1.165) is 22.9 Å². The van der Waals surface area contributed by atoms with Gasteiger partial charge in [0.15, 0.2) is 0 Å². The minimum absolute atomic E-state index is 0.455. The van der Waals surface area contributed by atoms with Crippen LogP contribution >= 0.6 is 46.7 Å². The Morgan fingerprint density at radius 3 is 1.39 bits per heavy atom. The first-order valence-corrected chi connectivity index (χ1v) is 15.8. The number of hydrogen-bond donors (Lipinski definition) is 2. The highest BCUT2D eigenvalue weighted by Crippen LogP contribution is 2.42. The lowest BCUT2D eigenvalue weighted by molar-refractivity contribution is -1.04. The Hall–Kier alpha value is -1.92. The van der Waals surface area contributed by atoms with Crippen molar-refractivity contribution in [1.29, 1.82) is 0 Å². The molecule has 1 fully saturated rings. The van der Waals surface area contributed by atoms with Crippen molar-refractivity contribution < 1.29 is 9.80 Å². The third kappa shape index (κ3) is 4.81. The van der Waals surface area contributed by atoms with E-state index in [9.17, 15) is 0 Å². The molecule has 0 aromatic heterocycles. The van der Waals surface area contributed by atoms with Crippen LogP contribution in [0.3, 0.4) is 0 Å². The van der Waals surface area contributed by atoms with Crippen LogP contribution in [0.5, 0.6) is 0 Å². The zero-order valence-electron chi connectivity index (χ0n) is 21.1. The fourth-order valence-electron chi connectivity index (χ4n) is 6.55. The first kappa shape index (κ1) is 25.1. The second-order valence-corrected chi connectivity index (χ2v) is 13.7. The van der Waals surface area contributed by atoms with E-state index in [1.165, 1.54) is 68.0 Å². The molecule has 6 heteroatoms. The Morgan fingerprint density at radius 2 is 0.947 bits per heavy atom. The number of fused-ring (bicyclic) bond motifs is 4. The summed E-state index contributed by atoms with van der Waals surface area (Å²) < 4.78 is 0. The molecule has 4 aromatic carbocycles. The highest BCUT2D eigenvalue weighted by atomic mass is 35.5. The van der Waals surface area contributed by atoms with Gasteiger partial charge in [0, 0.05) is 53.6 Å². The van der Waals surface area contributed by atoms with E-state index in [4.69, 9.17) is 23.2 Å². The lowest BCUT2D eigenvalue weighted by Crippen LogP contribution is -3.28. The lowest BCUT2D eigenvalue weighted by atomic mass is 9.95. The lowest BCUT2D eigenvalue weighted by Gasteiger charge is -2.38. The molecule has 0 unspecified atom stereocenters. The number of hydrogen-bond acceptors (Lipinski definition) is 2. The number of nitrogens with one attached hydrogen (secondary N) is 2. The predicted molar refractivity (Wildman–Crippen MR) is 158 cm³/mol. The summed E-state index contributed by atoms with van der Waals surface area (Å²) in [6.45, 7) is 4.68. The first-order valence-electron chi connectivity index (χ1n) is 13.4. The van der Waals surface area contributed by atoms with Gasteiger partial charge in [-0.05, 0) is 59.7 Å². The SMILES string of the molecule is Clc1ccc2c(c1)C[C@@H]([NH+]1CC[NH+]([C@@H]3Cc4cc(Cl)ccc4Sc4ccccc43)CC1)c1ccccc1S2. The van der Waals surface area contributed by atoms with Crippen LogP contribution in [0.25, 0.3) is 0 Å². The maximum atomic E-state index is 6.45. The average Bonchev–Trinajstić information content (AvgIpc) is 3.21. The molecule has 1 saturated heterocycles. The summed E-state index contributed by atoms with van der Waals surface area (Å²) in [6.07, 6.45) is 2.08. The number of benzene rings is 4. The maximum absolute atomic E-state index is 6.45. The van der Waals surface area contributed by atoms with E-state index in [0.29, 0.717) is 12.1 Å². The molecule has 3 aliphatic rings. The van der Waals surface area contributed by atoms with Gasteiger partial charge in [0.25, 0.3) is 0 Å². The maximum Gasteiger partial charge on any atom is 0.128 e. The van der Waals surface area contributed by atoms with Crippen LogP contribution in [0.4, 0.5) is 0 Å². The van der Waals surface area contributed by atoms with E-state index < -0.39 is 0 Å². The summed E-state index contributed by atoms with van der Waals surface area (Å²) >= 11 is 16.7. The van der Waals surface area contributed by atoms with Gasteiger partial charge in [0.2, 0.25) is 0 Å². The normalized spacial score (nSPS) is 24.3. The fraction of sp³-hybridized carbons (Fsp3) is 0.250. The number of halogens is 2. The molecule has 0 bridgehead atoms. The molecule has 7 rings (SSSR count). The van der Waals surface area contributed by atoms with E-state index in [1.54, 1.807) is 9.80 Å². The van der Waals surface area contributed by atoms with Gasteiger partial charge in [-0.1, -0.05) is 83.1 Å². The summed E-state index contributed by atoms with van der Waals surface area (Å²) in [5.41, 5.74) is 5.74. The summed E-state index contributed by atoms with van der Waals surface area (Å²) in [5.74, 6) is 0. The number of quaternary nitrogens is 2. The monoisotopic (exact) mass is 576 g/mol. The number of piperazine rings is 1. The topological polar surface area (TPSA) is 8.88 Å². The standard InChI is InChI=1S/C32H28Cl2N2S2/c33-23-9-11-29-21(17-23)19-27(25-5-1-3-7-31(25)37-29)35-13-15-36(16-14-35)28-20-22-18-24(34)10-12-30(22)38-32-8-4-2-6-26(28)32/h1-12,17-18,27-28H,13-16,19-20H2/p+2/t27-,28-/m1/s1. The summed E-state index contributed by atoms with van der Waals surface area (Å²) in [6, 6.07) is 31.8. The number of rotatable bonds is 2. The molecular formula is C32H30Cl2N2S2+2. The zero-order chi connectivity index (χ0) is 25.6. The Balaban J connectivity index is 1.16. The molecule has 2 N–H and O–H groups in total. The molecule has 3 heterocycles. The summed E-state index contributed by atoms with van der Waals surface area (Å²) in [5, 5.41) is 1.67. The van der Waals surface area contributed by atoms with E-state index >= 15 is 0 Å². The van der Waals surface area contributed by atoms with Crippen LogP contribution in [0.15, 0.2) is 105 Å². The Kier molecular flexibility index (Phi) is 6.98. The van der Waals surface area contributed by atoms with Crippen LogP contribution in [-0.2, 0) is 12.8 Å². The van der Waals surface area contributed by atoms with Gasteiger partial charge in [-0.15, -0.1) is 0 Å². The quantitative estimate of drug-likeness (QED) is 0.304. The Morgan fingerprint density at radius 1 is 0.526 bits per heavy atom. The van der Waals surface area contributed by atoms with Gasteiger partial charge in [0.05, 0.1) is 0 Å². The molecule has 0 amide bonds. The van der Waals surface area contributed by atoms with Crippen molar-refractivity contribution in [3.63, 3.8) is 0 Å². The van der Waals surface area contributed by atoms with Gasteiger partial charge >= 0.3 is 0 Å². The van der Waals surface area contributed by atoms with Gasteiger partial charge in [-0.25, -0.2) is 0 Å². The van der Waals surface area contributed by atoms with Crippen molar-refractivity contribution in [2.75, 3.05) is 26.2 Å². The molecule has 2 atom stereocenters. The van der Waals surface area contributed by atoms with Gasteiger partial charge < -0.3 is 9.80 Å². The molecule has 0 saturated carbocycles. The predicted octanol–water partition coefficient (Wildman–Crippen LogP) is 5.97. The zero-order valence-corrected chi connectivity index (χ0v) is 24.2. The van der Waals surface area contributed by atoms with Gasteiger partial charge in [-0.3, -0.25) is 0 Å². The van der Waals surface area contributed by atoms with Crippen molar-refractivity contribution in [1.82, 2.24) is 0 Å². The Bertz CT molecular complexity index is 1390. The Labute approximate surface area is 243 Å². The molecule has 4 aromatic rings. The molecule has 0 aliphatic carbocycles. The van der Waals surface area contributed by atoms with Crippen molar-refractivity contribution in [3.05, 3.63) is 117 Å². The van der Waals surface area contributed by atoms with Crippen LogP contribution in [-0.4, -0.2) is 26.2 Å². The molecular weight excluding hydrogens is 547 g/mol. The third-order valence-electron chi connectivity index (χ3n) is 8.44. The highest BCUT2D eigenvalue weighted by Gasteiger charge is 2.38. The van der Waals surface area contributed by atoms with Crippen molar-refractivity contribution in [2.45, 2.75) is 44.5 Å². The molecule has 2 nitrogen and oxygen atoms in total. The summed E-state index contributed by atoms with van der Waals surface area (Å²) in [7, 11) is 0. The smallest absolute Gasteiger partial charge is 0.128 e. The third-order valence-corrected chi connectivity index (χ3v) is 11.3. The van der Waals surface area contributed by atoms with E-state index in [-0.39, 0.29) is 0 Å². The van der Waals surface area contributed by atoms with Crippen LogP contribution in [0.2, 0.25) is 10.0 Å². The van der Waals surface area contributed by atoms with Crippen molar-refractivity contribution in [2.24, 2.45) is 0 Å². The highest BCUT2D eigenvalue weighted by molar-refractivity contribution is 7.99. The average molecular weight is 578 g/mol. The largest absolute Gasteiger partial charge is 0.319 e. The van der Waals surface area contributed by atoms with Crippen molar-refractivity contribution >= 4 is 46.7 Å². The minimum atomic E-state index is 0.455. The van der Waals surface area contributed by atoms with E-state index in [2.05, 4.69) is 72.8 Å². The summed E-state index contributed by atoms with van der Waals surface area (Å²) in [4.78, 5) is 8.88. The molecule has 192 valence electrons. The van der Waals surface area contributed by atoms with Crippen LogP contribution in [0.1, 0.15) is 34.3 Å². The van der Waals surface area contributed by atoms with E-state index in [1.807, 2.05) is 35.7 Å². The van der Waals surface area contributed by atoms with Gasteiger partial charge in [0.1, 0.15) is 38.3 Å². The second-order valence-electron chi connectivity index (χ2n) is 10.6. The van der Waals surface area contributed by atoms with Crippen molar-refractivity contribution in [3.8, 4) is 0 Å². The fourth-order valence-corrected chi connectivity index (χ4v) is 9.18. The van der Waals surface area contributed by atoms with Crippen LogP contribution in [0, 0.1) is 0 Å². The molecule has 0 radical (unpaired) electrons. The molecule has 38 heavy (non-hydrogen) atoms. The molecule has 0 spiro atoms. The second kappa shape index (κ2) is 10.6. The van der Waals surface area contributed by atoms with Gasteiger partial charge in [-0.2, -0.15) is 0 Å². The minimum Gasteiger partial charge on any atom is -0.319 e.